The molecule has 2 rings (SSSR count). The van der Waals surface area contributed by atoms with Crippen LogP contribution in [0.5, 0.6) is 0 Å². The molecule has 4 nitrogen and oxygen atoms in total. The first-order valence-corrected chi connectivity index (χ1v) is 6.88. The third-order valence-corrected chi connectivity index (χ3v) is 3.60. The zero-order chi connectivity index (χ0) is 13.8. The number of nitrogens with two attached hydrogens (primary N) is 1. The predicted molar refractivity (Wildman–Crippen MR) is 76.1 cm³/mol. The summed E-state index contributed by atoms with van der Waals surface area (Å²) in [6.07, 6.45) is 2.33. The van der Waals surface area contributed by atoms with Crippen LogP contribution in [0.4, 0.5) is 5.69 Å². The fraction of sp³-hybridized carbons (Fsp3) is 0.533. The van der Waals surface area contributed by atoms with E-state index < -0.39 is 0 Å². The molecule has 1 heterocycles. The van der Waals surface area contributed by atoms with E-state index in [0.717, 1.165) is 30.6 Å². The second-order valence-corrected chi connectivity index (χ2v) is 5.05. The maximum atomic E-state index is 12.5. The SMILES string of the molecule is CCN(CC1CCCO1)C(=O)c1ccc(N)cc1C. The number of carbonyl (C=O) groups excluding carboxylic acids is 1. The van der Waals surface area contributed by atoms with E-state index in [0.29, 0.717) is 18.8 Å². The third kappa shape index (κ3) is 3.26. The Hall–Kier alpha value is -1.55. The van der Waals surface area contributed by atoms with Gasteiger partial charge < -0.3 is 15.4 Å². The molecule has 1 saturated heterocycles. The van der Waals surface area contributed by atoms with Crippen molar-refractivity contribution in [3.63, 3.8) is 0 Å². The van der Waals surface area contributed by atoms with E-state index in [1.807, 2.05) is 30.9 Å². The first-order chi connectivity index (χ1) is 9.11. The summed E-state index contributed by atoms with van der Waals surface area (Å²) in [4.78, 5) is 14.4. The first kappa shape index (κ1) is 13.9. The Labute approximate surface area is 114 Å². The number of ether oxygens (including phenoxy) is 1. The number of benzene rings is 1. The molecule has 4 heteroatoms. The topological polar surface area (TPSA) is 55.6 Å². The minimum Gasteiger partial charge on any atom is -0.399 e. The lowest BCUT2D eigenvalue weighted by Crippen LogP contribution is -2.37. The highest BCUT2D eigenvalue weighted by molar-refractivity contribution is 5.96. The minimum atomic E-state index is 0.0653. The first-order valence-electron chi connectivity index (χ1n) is 6.88. The van der Waals surface area contributed by atoms with Gasteiger partial charge in [0.15, 0.2) is 0 Å². The van der Waals surface area contributed by atoms with Crippen LogP contribution in [0.2, 0.25) is 0 Å². The number of nitrogens with zero attached hydrogens (tertiary/aromatic N) is 1. The molecule has 1 atom stereocenters. The molecule has 1 unspecified atom stereocenters. The van der Waals surface area contributed by atoms with E-state index in [1.54, 1.807) is 6.07 Å². The van der Waals surface area contributed by atoms with Gasteiger partial charge in [0.2, 0.25) is 0 Å². The van der Waals surface area contributed by atoms with Crippen molar-refractivity contribution in [1.82, 2.24) is 4.90 Å². The summed E-state index contributed by atoms with van der Waals surface area (Å²) < 4.78 is 5.61. The van der Waals surface area contributed by atoms with Gasteiger partial charge in [0.25, 0.3) is 5.91 Å². The van der Waals surface area contributed by atoms with Crippen molar-refractivity contribution in [3.8, 4) is 0 Å². The van der Waals surface area contributed by atoms with Gasteiger partial charge in [-0.2, -0.15) is 0 Å². The van der Waals surface area contributed by atoms with Gasteiger partial charge in [0.1, 0.15) is 0 Å². The molecular formula is C15H22N2O2. The maximum absolute atomic E-state index is 12.5. The lowest BCUT2D eigenvalue weighted by Gasteiger charge is -2.24. The lowest BCUT2D eigenvalue weighted by atomic mass is 10.1. The van der Waals surface area contributed by atoms with Gasteiger partial charge in [-0.1, -0.05) is 0 Å². The number of nitrogen functional groups attached to an aromatic ring is 1. The smallest absolute Gasteiger partial charge is 0.254 e. The Morgan fingerprint density at radius 3 is 2.89 bits per heavy atom. The van der Waals surface area contributed by atoms with Crippen molar-refractivity contribution < 1.29 is 9.53 Å². The van der Waals surface area contributed by atoms with Gasteiger partial charge >= 0.3 is 0 Å². The van der Waals surface area contributed by atoms with Crippen LogP contribution >= 0.6 is 0 Å². The lowest BCUT2D eigenvalue weighted by molar-refractivity contribution is 0.0538. The molecule has 1 aliphatic rings. The van der Waals surface area contributed by atoms with Crippen LogP contribution in [0.25, 0.3) is 0 Å². The van der Waals surface area contributed by atoms with Gasteiger partial charge in [-0.25, -0.2) is 0 Å². The summed E-state index contributed by atoms with van der Waals surface area (Å²) in [7, 11) is 0. The Kier molecular flexibility index (Phi) is 4.43. The second kappa shape index (κ2) is 6.06. The summed E-state index contributed by atoms with van der Waals surface area (Å²) in [6, 6.07) is 5.43. The van der Waals surface area contributed by atoms with Crippen LogP contribution in [0.15, 0.2) is 18.2 Å². The van der Waals surface area contributed by atoms with Crippen LogP contribution in [0, 0.1) is 6.92 Å². The van der Waals surface area contributed by atoms with Crippen molar-refractivity contribution >= 4 is 11.6 Å². The summed E-state index contributed by atoms with van der Waals surface area (Å²) >= 11 is 0. The zero-order valence-corrected chi connectivity index (χ0v) is 11.7. The number of hydrogen-bond acceptors (Lipinski definition) is 3. The summed E-state index contributed by atoms with van der Waals surface area (Å²) in [6.45, 7) is 6.11. The number of aryl methyl sites for hydroxylation is 1. The fourth-order valence-electron chi connectivity index (χ4n) is 2.49. The molecule has 0 saturated carbocycles. The molecule has 0 bridgehead atoms. The number of anilines is 1. The number of hydrogen-bond donors (Lipinski definition) is 1. The van der Waals surface area contributed by atoms with Crippen molar-refractivity contribution in [2.75, 3.05) is 25.4 Å². The maximum Gasteiger partial charge on any atom is 0.254 e. The highest BCUT2D eigenvalue weighted by atomic mass is 16.5. The molecule has 104 valence electrons. The van der Waals surface area contributed by atoms with Crippen LogP contribution in [0.1, 0.15) is 35.7 Å². The zero-order valence-electron chi connectivity index (χ0n) is 11.7. The van der Waals surface area contributed by atoms with Crippen molar-refractivity contribution in [2.24, 2.45) is 0 Å². The van der Waals surface area contributed by atoms with E-state index in [1.165, 1.54) is 0 Å². The predicted octanol–water partition coefficient (Wildman–Crippen LogP) is 2.22. The molecule has 1 aliphatic heterocycles. The van der Waals surface area contributed by atoms with Crippen LogP contribution in [-0.4, -0.2) is 36.6 Å². The van der Waals surface area contributed by atoms with E-state index in [2.05, 4.69) is 0 Å². The Bertz CT molecular complexity index is 453. The molecule has 19 heavy (non-hydrogen) atoms. The Morgan fingerprint density at radius 1 is 1.53 bits per heavy atom. The minimum absolute atomic E-state index is 0.0653. The summed E-state index contributed by atoms with van der Waals surface area (Å²) in [5.74, 6) is 0.0653. The van der Waals surface area contributed by atoms with Crippen LogP contribution < -0.4 is 5.73 Å². The van der Waals surface area contributed by atoms with Crippen molar-refractivity contribution in [3.05, 3.63) is 29.3 Å². The number of carbonyl (C=O) groups is 1. The highest BCUT2D eigenvalue weighted by Gasteiger charge is 2.23. The fourth-order valence-corrected chi connectivity index (χ4v) is 2.49. The van der Waals surface area contributed by atoms with Gasteiger partial charge in [0, 0.05) is 30.9 Å². The molecule has 0 aliphatic carbocycles. The quantitative estimate of drug-likeness (QED) is 0.846. The van der Waals surface area contributed by atoms with Crippen LogP contribution in [0.3, 0.4) is 0 Å². The largest absolute Gasteiger partial charge is 0.399 e. The number of amides is 1. The molecule has 1 fully saturated rings. The molecule has 0 spiro atoms. The van der Waals surface area contributed by atoms with Gasteiger partial charge in [-0.05, 0) is 50.5 Å². The van der Waals surface area contributed by atoms with E-state index >= 15 is 0 Å². The average molecular weight is 262 g/mol. The van der Waals surface area contributed by atoms with E-state index in [4.69, 9.17) is 10.5 Å². The normalized spacial score (nSPS) is 18.5. The standard InChI is InChI=1S/C15H22N2O2/c1-3-17(10-13-5-4-8-19-13)15(18)14-7-6-12(16)9-11(14)2/h6-7,9,13H,3-5,8,10,16H2,1-2H3. The molecule has 0 aromatic heterocycles. The molecule has 1 aromatic carbocycles. The Balaban J connectivity index is 2.10. The van der Waals surface area contributed by atoms with E-state index in [9.17, 15) is 4.79 Å². The third-order valence-electron chi connectivity index (χ3n) is 3.60. The van der Waals surface area contributed by atoms with Gasteiger partial charge in [-0.15, -0.1) is 0 Å². The van der Waals surface area contributed by atoms with E-state index in [-0.39, 0.29) is 12.0 Å². The summed E-state index contributed by atoms with van der Waals surface area (Å²) in [5, 5.41) is 0. The Morgan fingerprint density at radius 2 is 2.32 bits per heavy atom. The molecule has 1 aromatic rings. The number of rotatable bonds is 4. The van der Waals surface area contributed by atoms with Crippen molar-refractivity contribution in [1.29, 1.82) is 0 Å². The molecule has 0 radical (unpaired) electrons. The molecule has 1 amide bonds. The van der Waals surface area contributed by atoms with Crippen molar-refractivity contribution in [2.45, 2.75) is 32.8 Å². The second-order valence-electron chi connectivity index (χ2n) is 5.05. The summed E-state index contributed by atoms with van der Waals surface area (Å²) in [5.41, 5.74) is 8.07. The highest BCUT2D eigenvalue weighted by Crippen LogP contribution is 2.18. The van der Waals surface area contributed by atoms with Gasteiger partial charge in [-0.3, -0.25) is 4.79 Å². The monoisotopic (exact) mass is 262 g/mol. The number of likely N-dealkylation sites (N-methyl/N-ethyl adjacent to an activating group) is 1. The van der Waals surface area contributed by atoms with Crippen LogP contribution in [-0.2, 0) is 4.74 Å². The van der Waals surface area contributed by atoms with Gasteiger partial charge in [0.05, 0.1) is 6.10 Å². The molecular weight excluding hydrogens is 240 g/mol. The average Bonchev–Trinajstić information content (AvgIpc) is 2.88. The molecule has 2 N–H and O–H groups in total.